The number of nitrogens with one attached hydrogen (secondary N) is 1. The zero-order valence-corrected chi connectivity index (χ0v) is 18.9. The van der Waals surface area contributed by atoms with Gasteiger partial charge in [0.15, 0.2) is 6.61 Å². The highest BCUT2D eigenvalue weighted by molar-refractivity contribution is 5.93. The molecular formula is C24H23FN4O5. The Labute approximate surface area is 194 Å². The van der Waals surface area contributed by atoms with E-state index in [1.165, 1.54) is 12.1 Å². The first kappa shape index (κ1) is 23.0. The first-order valence-electron chi connectivity index (χ1n) is 10.5. The molecule has 1 amide bonds. The maximum atomic E-state index is 13.4. The van der Waals surface area contributed by atoms with E-state index >= 15 is 0 Å². The summed E-state index contributed by atoms with van der Waals surface area (Å²) in [6.45, 7) is 1.81. The number of carbonyl (C=O) groups is 1. The molecule has 0 radical (unpaired) electrons. The zero-order chi connectivity index (χ0) is 24.1. The molecule has 9 nitrogen and oxygen atoms in total. The molecule has 1 N–H and O–H groups in total. The lowest BCUT2D eigenvalue weighted by molar-refractivity contribution is -0.123. The van der Waals surface area contributed by atoms with Gasteiger partial charge in [-0.3, -0.25) is 4.79 Å². The Bertz CT molecular complexity index is 1310. The van der Waals surface area contributed by atoms with E-state index in [4.69, 9.17) is 18.7 Å². The lowest BCUT2D eigenvalue weighted by atomic mass is 10.1. The number of fused-ring (bicyclic) bond motifs is 1. The van der Waals surface area contributed by atoms with Crippen LogP contribution in [0.2, 0.25) is 0 Å². The molecule has 4 aromatic rings. The van der Waals surface area contributed by atoms with Crippen molar-refractivity contribution in [3.05, 3.63) is 59.7 Å². The molecule has 0 aliphatic carbocycles. The standard InChI is InChI=1S/C24H23FN4O5/c1-4-19-27-23(21-22(29-34-24(21)28-19)14-5-7-16(25)8-6-14)33-13-20(30)26-12-15-11-17(31-2)9-10-18(15)32-3/h5-11H,4,12-13H2,1-3H3,(H,26,30). The van der Waals surface area contributed by atoms with Gasteiger partial charge in [-0.15, -0.1) is 0 Å². The predicted molar refractivity (Wildman–Crippen MR) is 121 cm³/mol. The van der Waals surface area contributed by atoms with E-state index in [-0.39, 0.29) is 36.5 Å². The summed E-state index contributed by atoms with van der Waals surface area (Å²) < 4.78 is 35.1. The summed E-state index contributed by atoms with van der Waals surface area (Å²) in [5.74, 6) is 1.18. The number of methoxy groups -OCH3 is 2. The quantitative estimate of drug-likeness (QED) is 0.398. The minimum atomic E-state index is -0.373. The van der Waals surface area contributed by atoms with Gasteiger partial charge in [0.25, 0.3) is 11.6 Å². The monoisotopic (exact) mass is 466 g/mol. The number of hydrogen-bond donors (Lipinski definition) is 1. The van der Waals surface area contributed by atoms with E-state index in [2.05, 4.69) is 20.4 Å². The molecule has 34 heavy (non-hydrogen) atoms. The van der Waals surface area contributed by atoms with Gasteiger partial charge in [0.05, 0.1) is 14.2 Å². The Kier molecular flexibility index (Phi) is 6.86. The number of rotatable bonds is 9. The van der Waals surface area contributed by atoms with Crippen molar-refractivity contribution in [2.75, 3.05) is 20.8 Å². The topological polar surface area (TPSA) is 109 Å². The van der Waals surface area contributed by atoms with Crippen LogP contribution in [0.25, 0.3) is 22.4 Å². The number of aromatic nitrogens is 3. The molecule has 0 aliphatic rings. The Morgan fingerprint density at radius 3 is 2.59 bits per heavy atom. The second-order valence-corrected chi connectivity index (χ2v) is 7.26. The van der Waals surface area contributed by atoms with E-state index in [9.17, 15) is 9.18 Å². The van der Waals surface area contributed by atoms with Gasteiger partial charge in [-0.25, -0.2) is 4.39 Å². The van der Waals surface area contributed by atoms with Crippen molar-refractivity contribution in [2.24, 2.45) is 0 Å². The minimum Gasteiger partial charge on any atom is -0.497 e. The molecule has 2 aromatic carbocycles. The molecule has 10 heteroatoms. The fourth-order valence-electron chi connectivity index (χ4n) is 3.33. The Hall–Kier alpha value is -4.21. The third-order valence-corrected chi connectivity index (χ3v) is 5.09. The van der Waals surface area contributed by atoms with Crippen LogP contribution >= 0.6 is 0 Å². The Morgan fingerprint density at radius 1 is 1.09 bits per heavy atom. The predicted octanol–water partition coefficient (Wildman–Crippen LogP) is 3.70. The van der Waals surface area contributed by atoms with Crippen LogP contribution in [-0.2, 0) is 17.8 Å². The second-order valence-electron chi connectivity index (χ2n) is 7.26. The molecule has 2 heterocycles. The van der Waals surface area contributed by atoms with Crippen LogP contribution in [0.5, 0.6) is 17.4 Å². The number of aryl methyl sites for hydroxylation is 1. The van der Waals surface area contributed by atoms with E-state index in [0.29, 0.717) is 40.4 Å². The smallest absolute Gasteiger partial charge is 0.265 e. The van der Waals surface area contributed by atoms with E-state index in [0.717, 1.165) is 5.56 Å². The lowest BCUT2D eigenvalue weighted by Crippen LogP contribution is -2.28. The van der Waals surface area contributed by atoms with Crippen LogP contribution < -0.4 is 19.5 Å². The SMILES string of the molecule is CCc1nc(OCC(=O)NCc2cc(OC)ccc2OC)c2c(-c3ccc(F)cc3)noc2n1. The van der Waals surface area contributed by atoms with E-state index < -0.39 is 0 Å². The number of hydrogen-bond acceptors (Lipinski definition) is 8. The third kappa shape index (κ3) is 4.90. The summed E-state index contributed by atoms with van der Waals surface area (Å²) in [4.78, 5) is 21.3. The van der Waals surface area contributed by atoms with Crippen molar-refractivity contribution < 1.29 is 27.9 Å². The van der Waals surface area contributed by atoms with Crippen molar-refractivity contribution in [1.29, 1.82) is 0 Å². The highest BCUT2D eigenvalue weighted by Crippen LogP contribution is 2.33. The molecule has 4 rings (SSSR count). The number of benzene rings is 2. The Balaban J connectivity index is 1.53. The molecule has 0 saturated carbocycles. The molecule has 0 aliphatic heterocycles. The average molecular weight is 466 g/mol. The van der Waals surface area contributed by atoms with Crippen molar-refractivity contribution in [3.63, 3.8) is 0 Å². The van der Waals surface area contributed by atoms with Crippen molar-refractivity contribution in [1.82, 2.24) is 20.4 Å². The van der Waals surface area contributed by atoms with E-state index in [1.807, 2.05) is 6.92 Å². The van der Waals surface area contributed by atoms with Crippen molar-refractivity contribution in [2.45, 2.75) is 19.9 Å². The van der Waals surface area contributed by atoms with Gasteiger partial charge in [-0.05, 0) is 42.5 Å². The van der Waals surface area contributed by atoms with Crippen LogP contribution in [0.4, 0.5) is 4.39 Å². The number of amides is 1. The summed E-state index contributed by atoms with van der Waals surface area (Å²) >= 11 is 0. The minimum absolute atomic E-state index is 0.163. The average Bonchev–Trinajstić information content (AvgIpc) is 3.30. The fraction of sp³-hybridized carbons (Fsp3) is 0.250. The van der Waals surface area contributed by atoms with Crippen molar-refractivity contribution in [3.8, 4) is 28.6 Å². The number of halogens is 1. The summed E-state index contributed by atoms with van der Waals surface area (Å²) in [5.41, 5.74) is 1.98. The summed E-state index contributed by atoms with van der Waals surface area (Å²) in [6, 6.07) is 11.1. The van der Waals surface area contributed by atoms with Crippen LogP contribution in [-0.4, -0.2) is 41.9 Å². The van der Waals surface area contributed by atoms with Gasteiger partial charge in [0.1, 0.15) is 34.2 Å². The number of nitrogens with zero attached hydrogens (tertiary/aromatic N) is 3. The molecule has 0 bridgehead atoms. The van der Waals surface area contributed by atoms with Crippen LogP contribution in [0.15, 0.2) is 47.0 Å². The first-order valence-corrected chi connectivity index (χ1v) is 10.5. The zero-order valence-electron chi connectivity index (χ0n) is 18.9. The van der Waals surface area contributed by atoms with Gasteiger partial charge in [-0.1, -0.05) is 12.1 Å². The van der Waals surface area contributed by atoms with Crippen molar-refractivity contribution >= 4 is 17.0 Å². The maximum Gasteiger partial charge on any atom is 0.265 e. The third-order valence-electron chi connectivity index (χ3n) is 5.09. The van der Waals surface area contributed by atoms with Gasteiger partial charge >= 0.3 is 0 Å². The molecule has 0 atom stereocenters. The number of ether oxygens (including phenoxy) is 3. The summed E-state index contributed by atoms with van der Waals surface area (Å²) in [6.07, 6.45) is 0.528. The van der Waals surface area contributed by atoms with Gasteiger partial charge < -0.3 is 24.1 Å². The second kappa shape index (κ2) is 10.2. The van der Waals surface area contributed by atoms with E-state index in [1.54, 1.807) is 44.6 Å². The summed E-state index contributed by atoms with van der Waals surface area (Å²) in [5, 5.41) is 7.27. The molecule has 176 valence electrons. The molecule has 0 fully saturated rings. The van der Waals surface area contributed by atoms with Crippen LogP contribution in [0.3, 0.4) is 0 Å². The van der Waals surface area contributed by atoms with Crippen LogP contribution in [0.1, 0.15) is 18.3 Å². The van der Waals surface area contributed by atoms with Gasteiger partial charge in [0.2, 0.25) is 5.88 Å². The fourth-order valence-corrected chi connectivity index (χ4v) is 3.33. The number of carbonyl (C=O) groups excluding carboxylic acids is 1. The van der Waals surface area contributed by atoms with Crippen LogP contribution in [0, 0.1) is 5.82 Å². The molecule has 0 saturated heterocycles. The highest BCUT2D eigenvalue weighted by Gasteiger charge is 2.20. The maximum absolute atomic E-state index is 13.4. The molecule has 2 aromatic heterocycles. The largest absolute Gasteiger partial charge is 0.497 e. The molecular weight excluding hydrogens is 443 g/mol. The normalized spacial score (nSPS) is 10.8. The summed E-state index contributed by atoms with van der Waals surface area (Å²) in [7, 11) is 3.12. The Morgan fingerprint density at radius 2 is 1.88 bits per heavy atom. The molecule has 0 unspecified atom stereocenters. The molecule has 0 spiro atoms. The van der Waals surface area contributed by atoms with Gasteiger partial charge in [-0.2, -0.15) is 9.97 Å². The highest BCUT2D eigenvalue weighted by atomic mass is 19.1. The van der Waals surface area contributed by atoms with Gasteiger partial charge in [0, 0.05) is 24.1 Å². The first-order chi connectivity index (χ1) is 16.5. The lowest BCUT2D eigenvalue weighted by Gasteiger charge is -2.12.